The molecule has 4 nitrogen and oxygen atoms in total. The molecule has 0 amide bonds. The minimum absolute atomic E-state index is 0.548. The molecule has 2 aromatic heterocycles. The Balaban J connectivity index is 2.02. The maximum Gasteiger partial charge on any atom is 0.256 e. The molecule has 0 aliphatic carbocycles. The van der Waals surface area contributed by atoms with Crippen molar-refractivity contribution in [2.24, 2.45) is 0 Å². The van der Waals surface area contributed by atoms with Crippen LogP contribution in [0.25, 0.3) is 22.2 Å². The first-order chi connectivity index (χ1) is 9.69. The summed E-state index contributed by atoms with van der Waals surface area (Å²) < 4.78 is 11.2. The van der Waals surface area contributed by atoms with Crippen LogP contribution in [0.2, 0.25) is 0 Å². The van der Waals surface area contributed by atoms with Crippen LogP contribution < -0.4 is 4.74 Å². The number of aryl methyl sites for hydroxylation is 2. The molecule has 0 aliphatic heterocycles. The van der Waals surface area contributed by atoms with Gasteiger partial charge < -0.3 is 9.15 Å². The Hall–Kier alpha value is -2.14. The molecule has 0 unspecified atom stereocenters. The molecule has 0 saturated carbocycles. The summed E-state index contributed by atoms with van der Waals surface area (Å²) in [6.45, 7) is 4.03. The van der Waals surface area contributed by atoms with Gasteiger partial charge in [-0.2, -0.15) is 0 Å². The van der Waals surface area contributed by atoms with Gasteiger partial charge >= 0.3 is 0 Å². The van der Waals surface area contributed by atoms with Crippen molar-refractivity contribution in [2.75, 3.05) is 7.11 Å². The summed E-state index contributed by atoms with van der Waals surface area (Å²) in [4.78, 5) is 9.96. The summed E-state index contributed by atoms with van der Waals surface area (Å²) in [6, 6.07) is 7.71. The highest BCUT2D eigenvalue weighted by Crippen LogP contribution is 2.33. The van der Waals surface area contributed by atoms with Crippen molar-refractivity contribution in [1.29, 1.82) is 0 Å². The van der Waals surface area contributed by atoms with E-state index in [1.807, 2.05) is 38.1 Å². The first kappa shape index (κ1) is 12.9. The summed E-state index contributed by atoms with van der Waals surface area (Å²) in [5.74, 6) is 2.00. The van der Waals surface area contributed by atoms with Crippen molar-refractivity contribution in [3.63, 3.8) is 0 Å². The van der Waals surface area contributed by atoms with E-state index in [2.05, 4.69) is 9.97 Å². The molecule has 0 bridgehead atoms. The second-order valence-corrected chi connectivity index (χ2v) is 5.59. The summed E-state index contributed by atoms with van der Waals surface area (Å²) in [5.41, 5.74) is 1.90. The minimum Gasteiger partial charge on any atom is -0.496 e. The van der Waals surface area contributed by atoms with E-state index in [1.54, 1.807) is 24.6 Å². The SMILES string of the molecule is COc1ccccc1-c1cnc(-c2nc(C)c(C)s2)o1. The van der Waals surface area contributed by atoms with Crippen LogP contribution in [0.3, 0.4) is 0 Å². The molecule has 0 N–H and O–H groups in total. The number of rotatable bonds is 3. The van der Waals surface area contributed by atoms with Crippen LogP contribution in [0.15, 0.2) is 34.9 Å². The Morgan fingerprint density at radius 3 is 2.70 bits per heavy atom. The molecule has 2 heterocycles. The highest BCUT2D eigenvalue weighted by atomic mass is 32.1. The summed E-state index contributed by atoms with van der Waals surface area (Å²) in [5, 5.41) is 0.807. The first-order valence-corrected chi connectivity index (χ1v) is 7.04. The van der Waals surface area contributed by atoms with Gasteiger partial charge in [-0.05, 0) is 26.0 Å². The summed E-state index contributed by atoms with van der Waals surface area (Å²) in [7, 11) is 1.64. The Morgan fingerprint density at radius 1 is 1.20 bits per heavy atom. The average molecular weight is 286 g/mol. The molecule has 0 radical (unpaired) electrons. The molecule has 0 atom stereocenters. The zero-order valence-electron chi connectivity index (χ0n) is 11.5. The van der Waals surface area contributed by atoms with Crippen molar-refractivity contribution in [1.82, 2.24) is 9.97 Å². The van der Waals surface area contributed by atoms with Gasteiger partial charge in [0.05, 0.1) is 24.6 Å². The lowest BCUT2D eigenvalue weighted by atomic mass is 10.1. The van der Waals surface area contributed by atoms with E-state index in [1.165, 1.54) is 4.88 Å². The van der Waals surface area contributed by atoms with Crippen molar-refractivity contribution >= 4 is 11.3 Å². The number of hydrogen-bond acceptors (Lipinski definition) is 5. The van der Waals surface area contributed by atoms with Crippen molar-refractivity contribution in [3.8, 4) is 28.0 Å². The van der Waals surface area contributed by atoms with Crippen molar-refractivity contribution in [3.05, 3.63) is 41.0 Å². The number of thiazole rings is 1. The van der Waals surface area contributed by atoms with E-state index in [9.17, 15) is 0 Å². The highest BCUT2D eigenvalue weighted by molar-refractivity contribution is 7.15. The predicted molar refractivity (Wildman–Crippen MR) is 79.1 cm³/mol. The fourth-order valence-electron chi connectivity index (χ4n) is 1.91. The van der Waals surface area contributed by atoms with Gasteiger partial charge in [-0.1, -0.05) is 12.1 Å². The van der Waals surface area contributed by atoms with Crippen molar-refractivity contribution < 1.29 is 9.15 Å². The largest absolute Gasteiger partial charge is 0.496 e. The Labute approximate surface area is 121 Å². The molecular formula is C15H14N2O2S. The number of methoxy groups -OCH3 is 1. The standard InChI is InChI=1S/C15H14N2O2S/c1-9-10(2)20-15(17-9)14-16-8-13(19-14)11-6-4-5-7-12(11)18-3/h4-8H,1-3H3. The Bertz CT molecular complexity index is 726. The third-order valence-corrected chi connectivity index (χ3v) is 4.15. The quantitative estimate of drug-likeness (QED) is 0.727. The fraction of sp³-hybridized carbons (Fsp3) is 0.200. The molecule has 3 rings (SSSR count). The molecule has 0 saturated heterocycles. The smallest absolute Gasteiger partial charge is 0.256 e. The van der Waals surface area contributed by atoms with Crippen LogP contribution in [0.1, 0.15) is 10.6 Å². The van der Waals surface area contributed by atoms with Crippen LogP contribution in [0.5, 0.6) is 5.75 Å². The normalized spacial score (nSPS) is 10.8. The monoisotopic (exact) mass is 286 g/mol. The summed E-state index contributed by atoms with van der Waals surface area (Å²) >= 11 is 1.59. The third-order valence-electron chi connectivity index (χ3n) is 3.09. The van der Waals surface area contributed by atoms with Gasteiger partial charge in [-0.25, -0.2) is 9.97 Å². The number of benzene rings is 1. The zero-order valence-corrected chi connectivity index (χ0v) is 12.3. The second-order valence-electron chi connectivity index (χ2n) is 4.39. The minimum atomic E-state index is 0.548. The van der Waals surface area contributed by atoms with Crippen molar-refractivity contribution in [2.45, 2.75) is 13.8 Å². The van der Waals surface area contributed by atoms with Gasteiger partial charge in [-0.3, -0.25) is 0 Å². The number of ether oxygens (including phenoxy) is 1. The first-order valence-electron chi connectivity index (χ1n) is 6.22. The molecule has 0 fully saturated rings. The fourth-order valence-corrected chi connectivity index (χ4v) is 2.76. The number of oxazole rings is 1. The van der Waals surface area contributed by atoms with Gasteiger partial charge in [0.15, 0.2) is 10.8 Å². The van der Waals surface area contributed by atoms with E-state index in [0.717, 1.165) is 22.0 Å². The lowest BCUT2D eigenvalue weighted by Crippen LogP contribution is -1.85. The molecule has 1 aromatic carbocycles. The van der Waals surface area contributed by atoms with E-state index in [-0.39, 0.29) is 0 Å². The second kappa shape index (κ2) is 5.09. The number of nitrogens with zero attached hydrogens (tertiary/aromatic N) is 2. The average Bonchev–Trinajstić information content (AvgIpc) is 3.07. The number of hydrogen-bond donors (Lipinski definition) is 0. The molecule has 20 heavy (non-hydrogen) atoms. The third kappa shape index (κ3) is 2.20. The topological polar surface area (TPSA) is 48.2 Å². The van der Waals surface area contributed by atoms with Crippen LogP contribution in [-0.4, -0.2) is 17.1 Å². The maximum absolute atomic E-state index is 5.82. The maximum atomic E-state index is 5.82. The van der Waals surface area contributed by atoms with Gasteiger partial charge in [0, 0.05) is 4.88 Å². The predicted octanol–water partition coefficient (Wildman–Crippen LogP) is 4.09. The van der Waals surface area contributed by atoms with Crippen LogP contribution in [0.4, 0.5) is 0 Å². The lowest BCUT2D eigenvalue weighted by molar-refractivity contribution is 0.415. The Morgan fingerprint density at radius 2 is 2.00 bits per heavy atom. The van der Waals surface area contributed by atoms with E-state index in [4.69, 9.17) is 9.15 Å². The van der Waals surface area contributed by atoms with Crippen LogP contribution in [-0.2, 0) is 0 Å². The zero-order chi connectivity index (χ0) is 14.1. The lowest BCUT2D eigenvalue weighted by Gasteiger charge is -2.04. The van der Waals surface area contributed by atoms with E-state index >= 15 is 0 Å². The van der Waals surface area contributed by atoms with E-state index in [0.29, 0.717) is 11.7 Å². The molecular weight excluding hydrogens is 272 g/mol. The van der Waals surface area contributed by atoms with Crippen LogP contribution in [0, 0.1) is 13.8 Å². The van der Waals surface area contributed by atoms with Gasteiger partial charge in [0.1, 0.15) is 5.75 Å². The number of aromatic nitrogens is 2. The molecule has 102 valence electrons. The summed E-state index contributed by atoms with van der Waals surface area (Å²) in [6.07, 6.45) is 1.71. The van der Waals surface area contributed by atoms with E-state index < -0.39 is 0 Å². The number of para-hydroxylation sites is 1. The molecule has 5 heteroatoms. The molecule has 0 aliphatic rings. The van der Waals surface area contributed by atoms with Gasteiger partial charge in [0.25, 0.3) is 5.89 Å². The molecule has 0 spiro atoms. The Kier molecular flexibility index (Phi) is 3.28. The molecule has 3 aromatic rings. The van der Waals surface area contributed by atoms with Gasteiger partial charge in [0.2, 0.25) is 0 Å². The van der Waals surface area contributed by atoms with Crippen LogP contribution >= 0.6 is 11.3 Å². The highest BCUT2D eigenvalue weighted by Gasteiger charge is 2.15. The van der Waals surface area contributed by atoms with Gasteiger partial charge in [-0.15, -0.1) is 11.3 Å².